The largest absolute Gasteiger partial charge is 0.240 e. The Balaban J connectivity index is 1.91. The maximum absolute atomic E-state index is 4.76. The van der Waals surface area contributed by atoms with Crippen molar-refractivity contribution in [2.75, 3.05) is 0 Å². The van der Waals surface area contributed by atoms with Gasteiger partial charge in [0.15, 0.2) is 5.82 Å². The number of pyridine rings is 1. The fraction of sp³-hybridized carbons (Fsp3) is 0.200. The Hall–Kier alpha value is -2.21. The van der Waals surface area contributed by atoms with Crippen molar-refractivity contribution >= 4 is 28.9 Å². The first-order chi connectivity index (χ1) is 10.2. The van der Waals surface area contributed by atoms with Crippen LogP contribution in [0.25, 0.3) is 10.9 Å². The quantitative estimate of drug-likeness (QED) is 0.541. The van der Waals surface area contributed by atoms with Gasteiger partial charge in [0.2, 0.25) is 5.16 Å². The Morgan fingerprint density at radius 3 is 2.95 bits per heavy atom. The average Bonchev–Trinajstić information content (AvgIpc) is 2.78. The molecule has 0 saturated carbocycles. The Kier molecular flexibility index (Phi) is 2.78. The van der Waals surface area contributed by atoms with Gasteiger partial charge in [-0.15, -0.1) is 10.2 Å². The maximum Gasteiger partial charge on any atom is 0.218 e. The molecule has 1 aliphatic rings. The molecular formula is C15H13N5S. The van der Waals surface area contributed by atoms with Crippen LogP contribution in [0.5, 0.6) is 0 Å². The lowest BCUT2D eigenvalue weighted by Crippen LogP contribution is -1.96. The first kappa shape index (κ1) is 12.5. The second-order valence-electron chi connectivity index (χ2n) is 4.99. The molecule has 2 aromatic heterocycles. The monoisotopic (exact) mass is 295 g/mol. The van der Waals surface area contributed by atoms with Crippen LogP contribution in [-0.2, 0) is 6.42 Å². The lowest BCUT2D eigenvalue weighted by Gasteiger charge is -2.04. The minimum Gasteiger partial charge on any atom is -0.240 e. The predicted molar refractivity (Wildman–Crippen MR) is 83.0 cm³/mol. The van der Waals surface area contributed by atoms with Gasteiger partial charge in [0.1, 0.15) is 5.03 Å². The Morgan fingerprint density at radius 1 is 1.19 bits per heavy atom. The normalized spacial score (nSPS) is 13.0. The Labute approximate surface area is 126 Å². The zero-order valence-electron chi connectivity index (χ0n) is 11.7. The molecule has 0 radical (unpaired) electrons. The van der Waals surface area contributed by atoms with E-state index in [9.17, 15) is 0 Å². The highest BCUT2D eigenvalue weighted by atomic mass is 32.2. The topological polar surface area (TPSA) is 56.0 Å². The highest BCUT2D eigenvalue weighted by Gasteiger charge is 2.18. The molecule has 6 heteroatoms. The highest BCUT2D eigenvalue weighted by molar-refractivity contribution is 7.99. The molecule has 1 aromatic carbocycles. The smallest absolute Gasteiger partial charge is 0.218 e. The molecular weight excluding hydrogens is 282 g/mol. The fourth-order valence-electron chi connectivity index (χ4n) is 2.35. The first-order valence-corrected chi connectivity index (χ1v) is 7.64. The van der Waals surface area contributed by atoms with Crippen molar-refractivity contribution in [1.82, 2.24) is 19.9 Å². The molecule has 0 saturated heterocycles. The van der Waals surface area contributed by atoms with Gasteiger partial charge in [-0.1, -0.05) is 19.1 Å². The standard InChI is InChI=1S/C15H13N5S/c1-3-13-18-19-15-20(13)16-8-11-7-10-5-4-9(2)6-12(10)17-14(11)21-15/h4-8H,3H2,1-2H3. The van der Waals surface area contributed by atoms with Crippen LogP contribution in [0.1, 0.15) is 23.9 Å². The van der Waals surface area contributed by atoms with Crippen molar-refractivity contribution < 1.29 is 0 Å². The minimum absolute atomic E-state index is 0.765. The summed E-state index contributed by atoms with van der Waals surface area (Å²) in [6.07, 6.45) is 2.64. The highest BCUT2D eigenvalue weighted by Crippen LogP contribution is 2.32. The minimum atomic E-state index is 0.765. The van der Waals surface area contributed by atoms with Crippen molar-refractivity contribution in [1.29, 1.82) is 0 Å². The molecule has 0 unspecified atom stereocenters. The van der Waals surface area contributed by atoms with Gasteiger partial charge in [0, 0.05) is 17.4 Å². The fourth-order valence-corrected chi connectivity index (χ4v) is 3.22. The van der Waals surface area contributed by atoms with Crippen molar-refractivity contribution in [2.24, 2.45) is 5.10 Å². The number of rotatable bonds is 1. The lowest BCUT2D eigenvalue weighted by atomic mass is 10.1. The summed E-state index contributed by atoms with van der Waals surface area (Å²) in [5.41, 5.74) is 3.22. The Bertz CT molecular complexity index is 881. The number of hydrogen-bond acceptors (Lipinski definition) is 5. The molecule has 1 aliphatic heterocycles. The van der Waals surface area contributed by atoms with Crippen molar-refractivity contribution in [3.05, 3.63) is 41.2 Å². The number of fused-ring (bicyclic) bond motifs is 3. The summed E-state index contributed by atoms with van der Waals surface area (Å²) in [6.45, 7) is 4.12. The molecule has 4 rings (SSSR count). The van der Waals surface area contributed by atoms with Gasteiger partial charge in [-0.3, -0.25) is 0 Å². The average molecular weight is 295 g/mol. The second-order valence-corrected chi connectivity index (χ2v) is 5.95. The van der Waals surface area contributed by atoms with Crippen molar-refractivity contribution in [2.45, 2.75) is 30.5 Å². The third kappa shape index (κ3) is 2.03. The third-order valence-electron chi connectivity index (χ3n) is 3.46. The van der Waals surface area contributed by atoms with E-state index in [-0.39, 0.29) is 0 Å². The van der Waals surface area contributed by atoms with Gasteiger partial charge in [0.25, 0.3) is 0 Å². The van der Waals surface area contributed by atoms with Crippen LogP contribution in [0.15, 0.2) is 39.5 Å². The third-order valence-corrected chi connectivity index (χ3v) is 4.42. The Morgan fingerprint density at radius 2 is 2.10 bits per heavy atom. The number of aryl methyl sites for hydroxylation is 2. The van der Waals surface area contributed by atoms with Gasteiger partial charge < -0.3 is 0 Å². The van der Waals surface area contributed by atoms with Crippen LogP contribution in [0, 0.1) is 6.92 Å². The summed E-state index contributed by atoms with van der Waals surface area (Å²) in [6, 6.07) is 8.42. The maximum atomic E-state index is 4.76. The van der Waals surface area contributed by atoms with Crippen LogP contribution in [0.2, 0.25) is 0 Å². The molecule has 5 nitrogen and oxygen atoms in total. The van der Waals surface area contributed by atoms with Gasteiger partial charge in [-0.2, -0.15) is 9.78 Å². The first-order valence-electron chi connectivity index (χ1n) is 6.82. The van der Waals surface area contributed by atoms with E-state index in [1.54, 1.807) is 4.68 Å². The van der Waals surface area contributed by atoms with Crippen LogP contribution in [0.4, 0.5) is 0 Å². The summed E-state index contributed by atoms with van der Waals surface area (Å²) < 4.78 is 1.79. The predicted octanol–water partition coefficient (Wildman–Crippen LogP) is 3.04. The SMILES string of the molecule is CCc1nnc2n1N=Cc1cc3ccc(C)cc3nc1S2. The summed E-state index contributed by atoms with van der Waals surface area (Å²) in [5.74, 6) is 0.863. The number of benzene rings is 1. The molecule has 3 heterocycles. The molecule has 0 spiro atoms. The van der Waals surface area contributed by atoms with E-state index in [1.165, 1.54) is 17.3 Å². The molecule has 0 bridgehead atoms. The van der Waals surface area contributed by atoms with Crippen molar-refractivity contribution in [3.8, 4) is 0 Å². The van der Waals surface area contributed by atoms with E-state index in [0.29, 0.717) is 0 Å². The molecule has 0 atom stereocenters. The molecule has 104 valence electrons. The molecule has 0 N–H and O–H groups in total. The second kappa shape index (κ2) is 4.66. The lowest BCUT2D eigenvalue weighted by molar-refractivity contribution is 0.724. The van der Waals surface area contributed by atoms with Crippen LogP contribution in [0.3, 0.4) is 0 Å². The van der Waals surface area contributed by atoms with Crippen molar-refractivity contribution in [3.63, 3.8) is 0 Å². The van der Waals surface area contributed by atoms with E-state index in [0.717, 1.165) is 38.9 Å². The molecule has 0 fully saturated rings. The van der Waals surface area contributed by atoms with Crippen LogP contribution < -0.4 is 0 Å². The van der Waals surface area contributed by atoms with E-state index in [4.69, 9.17) is 4.98 Å². The zero-order valence-corrected chi connectivity index (χ0v) is 12.6. The summed E-state index contributed by atoms with van der Waals surface area (Å²) in [7, 11) is 0. The van der Waals surface area contributed by atoms with Gasteiger partial charge in [-0.05, 0) is 36.4 Å². The van der Waals surface area contributed by atoms with Crippen LogP contribution in [-0.4, -0.2) is 26.1 Å². The molecule has 0 amide bonds. The number of hydrogen-bond donors (Lipinski definition) is 0. The summed E-state index contributed by atoms with van der Waals surface area (Å²) in [4.78, 5) is 4.76. The molecule has 21 heavy (non-hydrogen) atoms. The van der Waals surface area contributed by atoms with E-state index < -0.39 is 0 Å². The molecule has 3 aromatic rings. The van der Waals surface area contributed by atoms with E-state index in [2.05, 4.69) is 46.5 Å². The summed E-state index contributed by atoms with van der Waals surface area (Å²) >= 11 is 1.51. The van der Waals surface area contributed by atoms with Crippen LogP contribution >= 0.6 is 11.8 Å². The number of nitrogens with zero attached hydrogens (tertiary/aromatic N) is 5. The molecule has 0 aliphatic carbocycles. The number of aromatic nitrogens is 4. The summed E-state index contributed by atoms with van der Waals surface area (Å²) in [5, 5.41) is 15.7. The van der Waals surface area contributed by atoms with Gasteiger partial charge in [0.05, 0.1) is 11.7 Å². The zero-order chi connectivity index (χ0) is 14.4. The van der Waals surface area contributed by atoms with Gasteiger partial charge in [-0.25, -0.2) is 4.98 Å². The van der Waals surface area contributed by atoms with Gasteiger partial charge >= 0.3 is 0 Å². The van der Waals surface area contributed by atoms with E-state index in [1.807, 2.05) is 13.1 Å². The van der Waals surface area contributed by atoms with E-state index >= 15 is 0 Å².